The molecule has 0 unspecified atom stereocenters. The van der Waals surface area contributed by atoms with E-state index in [2.05, 4.69) is 0 Å². The molecule has 8 heteroatoms. The molecule has 0 saturated carbocycles. The summed E-state index contributed by atoms with van der Waals surface area (Å²) in [5.41, 5.74) is -1.45. The van der Waals surface area contributed by atoms with Gasteiger partial charge in [0.1, 0.15) is 11.3 Å². The fraction of sp³-hybridized carbons (Fsp3) is 0.429. The van der Waals surface area contributed by atoms with Crippen molar-refractivity contribution >= 4 is 23.4 Å². The van der Waals surface area contributed by atoms with Crippen molar-refractivity contribution in [2.75, 3.05) is 11.4 Å². The standard InChI is InChI=1S/C14H18N2O6/c1-5-15(13(19)22-14(2,3)4)10-7-6-9(12(17)18)8-11(10)16(20)21/h6-8H,5H2,1-4H3,(H,17,18). The number of anilines is 1. The third kappa shape index (κ3) is 4.18. The summed E-state index contributed by atoms with van der Waals surface area (Å²) in [7, 11) is 0. The van der Waals surface area contributed by atoms with Gasteiger partial charge in [-0.2, -0.15) is 0 Å². The van der Waals surface area contributed by atoms with Gasteiger partial charge in [-0.15, -0.1) is 0 Å². The lowest BCUT2D eigenvalue weighted by Crippen LogP contribution is -2.37. The highest BCUT2D eigenvalue weighted by Gasteiger charge is 2.28. The monoisotopic (exact) mass is 310 g/mol. The number of carbonyl (C=O) groups is 2. The molecule has 120 valence electrons. The second kappa shape index (κ2) is 6.42. The molecule has 1 aromatic carbocycles. The number of aromatic carboxylic acids is 1. The highest BCUT2D eigenvalue weighted by Crippen LogP contribution is 2.30. The number of nitrogens with zero attached hydrogens (tertiary/aromatic N) is 2. The van der Waals surface area contributed by atoms with Crippen LogP contribution in [0.3, 0.4) is 0 Å². The Balaban J connectivity index is 3.30. The molecule has 0 radical (unpaired) electrons. The summed E-state index contributed by atoms with van der Waals surface area (Å²) in [5.74, 6) is -1.28. The van der Waals surface area contributed by atoms with Crippen molar-refractivity contribution in [2.45, 2.75) is 33.3 Å². The molecule has 1 aromatic rings. The number of amides is 1. The van der Waals surface area contributed by atoms with E-state index in [9.17, 15) is 19.7 Å². The lowest BCUT2D eigenvalue weighted by Gasteiger charge is -2.26. The second-order valence-electron chi connectivity index (χ2n) is 5.49. The van der Waals surface area contributed by atoms with Crippen molar-refractivity contribution in [1.29, 1.82) is 0 Å². The molecule has 1 rings (SSSR count). The molecule has 1 amide bonds. The number of carbonyl (C=O) groups excluding carboxylic acids is 1. The number of nitro groups is 1. The molecule has 0 heterocycles. The van der Waals surface area contributed by atoms with Gasteiger partial charge in [0.2, 0.25) is 0 Å². The van der Waals surface area contributed by atoms with Gasteiger partial charge in [0, 0.05) is 12.6 Å². The summed E-state index contributed by atoms with van der Waals surface area (Å²) < 4.78 is 5.21. The van der Waals surface area contributed by atoms with Gasteiger partial charge in [0.05, 0.1) is 10.5 Å². The molecule has 0 aromatic heterocycles. The van der Waals surface area contributed by atoms with Crippen molar-refractivity contribution in [1.82, 2.24) is 0 Å². The van der Waals surface area contributed by atoms with Crippen LogP contribution < -0.4 is 4.90 Å². The zero-order valence-electron chi connectivity index (χ0n) is 12.8. The number of hydrogen-bond acceptors (Lipinski definition) is 5. The largest absolute Gasteiger partial charge is 0.478 e. The van der Waals surface area contributed by atoms with E-state index in [0.717, 1.165) is 11.0 Å². The Hall–Kier alpha value is -2.64. The van der Waals surface area contributed by atoms with Crippen LogP contribution in [0.25, 0.3) is 0 Å². The van der Waals surface area contributed by atoms with Crippen LogP contribution in [0.15, 0.2) is 18.2 Å². The molecule has 1 N–H and O–H groups in total. The van der Waals surface area contributed by atoms with Crippen LogP contribution in [0.5, 0.6) is 0 Å². The minimum Gasteiger partial charge on any atom is -0.478 e. The maximum atomic E-state index is 12.1. The summed E-state index contributed by atoms with van der Waals surface area (Å²) in [6.45, 7) is 6.82. The van der Waals surface area contributed by atoms with E-state index in [0.29, 0.717) is 0 Å². The third-order valence-electron chi connectivity index (χ3n) is 2.64. The van der Waals surface area contributed by atoms with Crippen LogP contribution in [0, 0.1) is 10.1 Å². The van der Waals surface area contributed by atoms with Crippen molar-refractivity contribution in [3.05, 3.63) is 33.9 Å². The number of benzene rings is 1. The molecule has 0 aliphatic heterocycles. The molecule has 8 nitrogen and oxygen atoms in total. The number of nitro benzene ring substituents is 1. The van der Waals surface area contributed by atoms with Gasteiger partial charge < -0.3 is 9.84 Å². The first-order valence-electron chi connectivity index (χ1n) is 6.59. The zero-order chi connectivity index (χ0) is 17.1. The molecule has 0 aliphatic rings. The van der Waals surface area contributed by atoms with E-state index in [-0.39, 0.29) is 17.8 Å². The second-order valence-corrected chi connectivity index (χ2v) is 5.49. The summed E-state index contributed by atoms with van der Waals surface area (Å²) in [4.78, 5) is 34.6. The number of ether oxygens (including phenoxy) is 1. The molecular formula is C14H18N2O6. The fourth-order valence-electron chi connectivity index (χ4n) is 1.75. The summed E-state index contributed by atoms with van der Waals surface area (Å²) in [6.07, 6.45) is -0.735. The average molecular weight is 310 g/mol. The van der Waals surface area contributed by atoms with Crippen LogP contribution in [-0.4, -0.2) is 34.2 Å². The van der Waals surface area contributed by atoms with E-state index in [1.165, 1.54) is 12.1 Å². The van der Waals surface area contributed by atoms with Crippen molar-refractivity contribution < 1.29 is 24.4 Å². The quantitative estimate of drug-likeness (QED) is 0.676. The Morgan fingerprint density at radius 3 is 2.36 bits per heavy atom. The van der Waals surface area contributed by atoms with Crippen LogP contribution in [-0.2, 0) is 4.74 Å². The van der Waals surface area contributed by atoms with Crippen LogP contribution in [0.2, 0.25) is 0 Å². The first-order chi connectivity index (χ1) is 10.1. The molecule has 0 atom stereocenters. The smallest absolute Gasteiger partial charge is 0.415 e. The topological polar surface area (TPSA) is 110 Å². The van der Waals surface area contributed by atoms with Gasteiger partial charge in [-0.1, -0.05) is 0 Å². The first-order valence-corrected chi connectivity index (χ1v) is 6.59. The molecule has 22 heavy (non-hydrogen) atoms. The maximum absolute atomic E-state index is 12.1. The Labute approximate surface area is 127 Å². The lowest BCUT2D eigenvalue weighted by atomic mass is 10.1. The normalized spacial score (nSPS) is 10.9. The molecule has 0 bridgehead atoms. The van der Waals surface area contributed by atoms with Gasteiger partial charge in [0.15, 0.2) is 0 Å². The highest BCUT2D eigenvalue weighted by atomic mass is 16.6. The molecule has 0 saturated heterocycles. The van der Waals surface area contributed by atoms with E-state index >= 15 is 0 Å². The summed E-state index contributed by atoms with van der Waals surface area (Å²) in [6, 6.07) is 3.36. The van der Waals surface area contributed by atoms with Gasteiger partial charge in [-0.3, -0.25) is 15.0 Å². The van der Waals surface area contributed by atoms with Crippen molar-refractivity contribution in [2.24, 2.45) is 0 Å². The van der Waals surface area contributed by atoms with Crippen molar-refractivity contribution in [3.63, 3.8) is 0 Å². The van der Waals surface area contributed by atoms with Crippen LogP contribution in [0.1, 0.15) is 38.1 Å². The third-order valence-corrected chi connectivity index (χ3v) is 2.64. The molecule has 0 fully saturated rings. The number of hydrogen-bond donors (Lipinski definition) is 1. The number of carboxylic acid groups (broad SMARTS) is 1. The predicted molar refractivity (Wildman–Crippen MR) is 79.3 cm³/mol. The fourth-order valence-corrected chi connectivity index (χ4v) is 1.75. The minimum absolute atomic E-state index is 0.00764. The maximum Gasteiger partial charge on any atom is 0.415 e. The average Bonchev–Trinajstić information content (AvgIpc) is 2.37. The SMILES string of the molecule is CCN(C(=O)OC(C)(C)C)c1ccc(C(=O)O)cc1[N+](=O)[O-]. The van der Waals surface area contributed by atoms with Gasteiger partial charge in [0.25, 0.3) is 5.69 Å². The van der Waals surface area contributed by atoms with Crippen LogP contribution in [0.4, 0.5) is 16.2 Å². The molecule has 0 aliphatic carbocycles. The first kappa shape index (κ1) is 17.4. The van der Waals surface area contributed by atoms with E-state index in [1.807, 2.05) is 0 Å². The van der Waals surface area contributed by atoms with Gasteiger partial charge in [-0.05, 0) is 39.8 Å². The summed E-state index contributed by atoms with van der Waals surface area (Å²) >= 11 is 0. The molecule has 0 spiro atoms. The Bertz CT molecular complexity index is 606. The zero-order valence-corrected chi connectivity index (χ0v) is 12.8. The van der Waals surface area contributed by atoms with Crippen molar-refractivity contribution in [3.8, 4) is 0 Å². The van der Waals surface area contributed by atoms with E-state index in [4.69, 9.17) is 9.84 Å². The Kier molecular flexibility index (Phi) is 5.08. The minimum atomic E-state index is -1.28. The van der Waals surface area contributed by atoms with E-state index in [1.54, 1.807) is 27.7 Å². The van der Waals surface area contributed by atoms with Gasteiger partial charge in [-0.25, -0.2) is 9.59 Å². The number of carboxylic acids is 1. The van der Waals surface area contributed by atoms with E-state index < -0.39 is 28.3 Å². The summed E-state index contributed by atoms with van der Waals surface area (Å²) in [5, 5.41) is 20.1. The number of rotatable bonds is 4. The van der Waals surface area contributed by atoms with Crippen LogP contribution >= 0.6 is 0 Å². The molecular weight excluding hydrogens is 292 g/mol. The Morgan fingerprint density at radius 1 is 1.36 bits per heavy atom. The highest BCUT2D eigenvalue weighted by molar-refractivity contribution is 5.94. The lowest BCUT2D eigenvalue weighted by molar-refractivity contribution is -0.384. The van der Waals surface area contributed by atoms with Gasteiger partial charge >= 0.3 is 12.1 Å². The Morgan fingerprint density at radius 2 is 1.95 bits per heavy atom. The predicted octanol–water partition coefficient (Wildman–Crippen LogP) is 3.05.